The Balaban J connectivity index is 2.66. The third kappa shape index (κ3) is 2.35. The third-order valence-electron chi connectivity index (χ3n) is 3.29. The molecule has 112 valence electrons. The molecule has 0 saturated carbocycles. The quantitative estimate of drug-likeness (QED) is 0.875. The summed E-state index contributed by atoms with van der Waals surface area (Å²) in [6.07, 6.45) is 1.42. The van der Waals surface area contributed by atoms with Gasteiger partial charge in [0.1, 0.15) is 22.8 Å². The molecule has 1 aliphatic carbocycles. The summed E-state index contributed by atoms with van der Waals surface area (Å²) in [5, 5.41) is 2.98. The number of aryl methyl sites for hydroxylation is 1. The van der Waals surface area contributed by atoms with Crippen LogP contribution in [0.1, 0.15) is 41.7 Å². The van der Waals surface area contributed by atoms with Crippen molar-refractivity contribution in [1.82, 2.24) is 19.8 Å². The molecule has 0 bridgehead atoms. The van der Waals surface area contributed by atoms with Crippen LogP contribution in [0.3, 0.4) is 0 Å². The highest BCUT2D eigenvalue weighted by Crippen LogP contribution is 2.26. The molecule has 0 saturated heterocycles. The molecule has 1 heterocycles. The van der Waals surface area contributed by atoms with Crippen molar-refractivity contribution in [1.29, 1.82) is 0 Å². The molecule has 0 fully saturated rings. The first-order chi connectivity index (χ1) is 9.75. The van der Waals surface area contributed by atoms with E-state index >= 15 is 0 Å². The molecular weight excluding hydrogens is 272 g/mol. The van der Waals surface area contributed by atoms with E-state index in [1.165, 1.54) is 29.8 Å². The van der Waals surface area contributed by atoms with Crippen molar-refractivity contribution >= 4 is 17.5 Å². The molecule has 1 aliphatic rings. The van der Waals surface area contributed by atoms with E-state index < -0.39 is 5.78 Å². The second-order valence-electron chi connectivity index (χ2n) is 5.31. The summed E-state index contributed by atoms with van der Waals surface area (Å²) in [5.74, 6) is -1.08. The predicted molar refractivity (Wildman–Crippen MR) is 75.6 cm³/mol. The first-order valence-electron chi connectivity index (χ1n) is 6.61. The van der Waals surface area contributed by atoms with Gasteiger partial charge in [-0.3, -0.25) is 14.4 Å². The van der Waals surface area contributed by atoms with E-state index in [9.17, 15) is 14.4 Å². The maximum atomic E-state index is 12.6. The Morgan fingerprint density at radius 3 is 2.48 bits per heavy atom. The standard InChI is InChI=1S/C14H18N4O3/c1-7(2)16-10-12(18(5)8(3)19)13(20)9-11(14(10)21)17(4)6-15-9/h6-7,16H,1-5H3. The van der Waals surface area contributed by atoms with Crippen LogP contribution in [-0.2, 0) is 11.8 Å². The highest BCUT2D eigenvalue weighted by atomic mass is 16.2. The van der Waals surface area contributed by atoms with Crippen LogP contribution in [0.5, 0.6) is 0 Å². The minimum atomic E-state index is -0.425. The number of nitrogens with zero attached hydrogens (tertiary/aromatic N) is 3. The molecule has 0 radical (unpaired) electrons. The molecule has 1 amide bonds. The molecule has 7 heteroatoms. The van der Waals surface area contributed by atoms with Crippen LogP contribution in [0.25, 0.3) is 0 Å². The van der Waals surface area contributed by atoms with Gasteiger partial charge in [0.2, 0.25) is 17.5 Å². The van der Waals surface area contributed by atoms with Crippen LogP contribution < -0.4 is 5.32 Å². The maximum absolute atomic E-state index is 12.6. The van der Waals surface area contributed by atoms with Gasteiger partial charge in [-0.2, -0.15) is 0 Å². The van der Waals surface area contributed by atoms with Crippen LogP contribution in [-0.4, -0.2) is 45.0 Å². The monoisotopic (exact) mass is 290 g/mol. The van der Waals surface area contributed by atoms with Crippen molar-refractivity contribution in [2.24, 2.45) is 7.05 Å². The second kappa shape index (κ2) is 5.16. The normalized spacial score (nSPS) is 14.6. The summed E-state index contributed by atoms with van der Waals surface area (Å²) in [5.41, 5.74) is 0.514. The number of imidazole rings is 1. The van der Waals surface area contributed by atoms with Gasteiger partial charge in [0, 0.05) is 27.1 Å². The fourth-order valence-corrected chi connectivity index (χ4v) is 2.22. The van der Waals surface area contributed by atoms with Crippen molar-refractivity contribution in [3.8, 4) is 0 Å². The van der Waals surface area contributed by atoms with Crippen LogP contribution in [0, 0.1) is 0 Å². The van der Waals surface area contributed by atoms with Crippen molar-refractivity contribution in [3.05, 3.63) is 29.1 Å². The van der Waals surface area contributed by atoms with Gasteiger partial charge in [-0.15, -0.1) is 0 Å². The number of likely N-dealkylation sites (N-methyl/N-ethyl adjacent to an activating group) is 1. The van der Waals surface area contributed by atoms with E-state index in [4.69, 9.17) is 0 Å². The second-order valence-corrected chi connectivity index (χ2v) is 5.31. The topological polar surface area (TPSA) is 84.3 Å². The summed E-state index contributed by atoms with van der Waals surface area (Å²) in [6.45, 7) is 5.05. The van der Waals surface area contributed by atoms with Crippen molar-refractivity contribution < 1.29 is 14.4 Å². The molecule has 0 atom stereocenters. The van der Waals surface area contributed by atoms with Crippen molar-refractivity contribution in [2.75, 3.05) is 7.05 Å². The summed E-state index contributed by atoms with van der Waals surface area (Å²) < 4.78 is 1.52. The summed E-state index contributed by atoms with van der Waals surface area (Å²) >= 11 is 0. The lowest BCUT2D eigenvalue weighted by Crippen LogP contribution is -2.41. The number of ketones is 2. The number of carbonyl (C=O) groups is 3. The first-order valence-corrected chi connectivity index (χ1v) is 6.61. The average Bonchev–Trinajstić information content (AvgIpc) is 2.77. The molecule has 21 heavy (non-hydrogen) atoms. The van der Waals surface area contributed by atoms with Gasteiger partial charge in [-0.1, -0.05) is 0 Å². The summed E-state index contributed by atoms with van der Waals surface area (Å²) in [7, 11) is 3.13. The molecule has 7 nitrogen and oxygen atoms in total. The number of Topliss-reactive ketones (excluding diaryl/α,β-unsaturated/α-hetero) is 2. The molecule has 0 aliphatic heterocycles. The zero-order valence-corrected chi connectivity index (χ0v) is 12.7. The zero-order chi connectivity index (χ0) is 15.9. The SMILES string of the molecule is CC(=O)N(C)C1=C(NC(C)C)C(=O)c2c(ncn2C)C1=O. The van der Waals surface area contributed by atoms with Crippen LogP contribution >= 0.6 is 0 Å². The van der Waals surface area contributed by atoms with E-state index in [-0.39, 0.29) is 40.5 Å². The fourth-order valence-electron chi connectivity index (χ4n) is 2.22. The smallest absolute Gasteiger partial charge is 0.232 e. The number of carbonyl (C=O) groups excluding carboxylic acids is 3. The molecule has 1 aromatic heterocycles. The molecule has 0 spiro atoms. The van der Waals surface area contributed by atoms with E-state index in [1.54, 1.807) is 7.05 Å². The third-order valence-corrected chi connectivity index (χ3v) is 3.29. The number of hydrogen-bond donors (Lipinski definition) is 1. The lowest BCUT2D eigenvalue weighted by molar-refractivity contribution is -0.125. The van der Waals surface area contributed by atoms with Crippen LogP contribution in [0.2, 0.25) is 0 Å². The van der Waals surface area contributed by atoms with Crippen LogP contribution in [0.4, 0.5) is 0 Å². The average molecular weight is 290 g/mol. The van der Waals surface area contributed by atoms with Crippen molar-refractivity contribution in [2.45, 2.75) is 26.8 Å². The summed E-state index contributed by atoms with van der Waals surface area (Å²) in [6, 6.07) is -0.0538. The highest BCUT2D eigenvalue weighted by Gasteiger charge is 2.38. The molecular formula is C14H18N4O3. The fraction of sp³-hybridized carbons (Fsp3) is 0.429. The molecule has 0 unspecified atom stereocenters. The first kappa shape index (κ1) is 15.0. The Labute approximate surface area is 122 Å². The van der Waals surface area contributed by atoms with E-state index in [0.717, 1.165) is 0 Å². The Bertz CT molecular complexity index is 670. The Kier molecular flexibility index (Phi) is 3.67. The number of fused-ring (bicyclic) bond motifs is 1. The predicted octanol–water partition coefficient (Wildman–Crippen LogP) is 0.487. The van der Waals surface area contributed by atoms with Gasteiger partial charge in [0.15, 0.2) is 0 Å². The Hall–Kier alpha value is -2.44. The number of rotatable bonds is 3. The Morgan fingerprint density at radius 2 is 1.95 bits per heavy atom. The van der Waals surface area contributed by atoms with Gasteiger partial charge in [0.05, 0.1) is 6.33 Å². The van der Waals surface area contributed by atoms with Gasteiger partial charge in [0.25, 0.3) is 0 Å². The number of allylic oxidation sites excluding steroid dienone is 2. The largest absolute Gasteiger partial charge is 0.378 e. The van der Waals surface area contributed by atoms with Gasteiger partial charge in [-0.25, -0.2) is 4.98 Å². The van der Waals surface area contributed by atoms with Gasteiger partial charge >= 0.3 is 0 Å². The van der Waals surface area contributed by atoms with Crippen molar-refractivity contribution in [3.63, 3.8) is 0 Å². The number of amides is 1. The minimum Gasteiger partial charge on any atom is -0.378 e. The minimum absolute atomic E-state index is 0.0485. The highest BCUT2D eigenvalue weighted by molar-refractivity contribution is 6.25. The van der Waals surface area contributed by atoms with E-state index in [0.29, 0.717) is 0 Å². The van der Waals surface area contributed by atoms with E-state index in [1.807, 2.05) is 13.8 Å². The Morgan fingerprint density at radius 1 is 1.33 bits per heavy atom. The number of nitrogens with one attached hydrogen (secondary N) is 1. The molecule has 1 N–H and O–H groups in total. The maximum Gasteiger partial charge on any atom is 0.232 e. The summed E-state index contributed by atoms with van der Waals surface area (Å²) in [4.78, 5) is 42.0. The van der Waals surface area contributed by atoms with Crippen LogP contribution in [0.15, 0.2) is 17.7 Å². The van der Waals surface area contributed by atoms with Gasteiger partial charge < -0.3 is 14.8 Å². The molecule has 1 aromatic rings. The lowest BCUT2D eigenvalue weighted by atomic mass is 9.97. The molecule has 2 rings (SSSR count). The molecule has 0 aromatic carbocycles. The number of hydrogen-bond acceptors (Lipinski definition) is 5. The number of aromatic nitrogens is 2. The van der Waals surface area contributed by atoms with E-state index in [2.05, 4.69) is 10.3 Å². The lowest BCUT2D eigenvalue weighted by Gasteiger charge is -2.26. The van der Waals surface area contributed by atoms with Gasteiger partial charge in [-0.05, 0) is 13.8 Å². The zero-order valence-electron chi connectivity index (χ0n) is 12.7.